The molecule has 5 N–H and O–H groups in total. The summed E-state index contributed by atoms with van der Waals surface area (Å²) >= 11 is 0. The molecule has 8 heteroatoms. The Bertz CT molecular complexity index is 1320. The van der Waals surface area contributed by atoms with Crippen molar-refractivity contribution in [1.82, 2.24) is 15.0 Å². The van der Waals surface area contributed by atoms with E-state index in [0.29, 0.717) is 27.8 Å². The number of aromatic hydroxyl groups is 1. The summed E-state index contributed by atoms with van der Waals surface area (Å²) in [7, 11) is 0. The first-order chi connectivity index (χ1) is 15.2. The Hall–Kier alpha value is -4.20. The summed E-state index contributed by atoms with van der Waals surface area (Å²) in [5, 5.41) is 20.1. The Morgan fingerprint density at radius 1 is 0.938 bits per heavy atom. The molecular weight excluding hydrogens is 406 g/mol. The molecule has 0 fully saturated rings. The number of phenols is 1. The molecule has 32 heavy (non-hydrogen) atoms. The monoisotopic (exact) mass is 429 g/mol. The number of benzene rings is 3. The van der Waals surface area contributed by atoms with Crippen molar-refractivity contribution in [2.45, 2.75) is 26.2 Å². The van der Waals surface area contributed by atoms with Crippen LogP contribution in [0.5, 0.6) is 5.75 Å². The third kappa shape index (κ3) is 3.90. The van der Waals surface area contributed by atoms with Crippen LogP contribution in [0.25, 0.3) is 16.7 Å². The summed E-state index contributed by atoms with van der Waals surface area (Å²) in [6, 6.07) is 15.6. The van der Waals surface area contributed by atoms with E-state index in [-0.39, 0.29) is 29.2 Å². The zero-order chi connectivity index (χ0) is 23.0. The molecule has 0 aliphatic heterocycles. The second-order valence-electron chi connectivity index (χ2n) is 7.96. The van der Waals surface area contributed by atoms with Gasteiger partial charge in [0.15, 0.2) is 0 Å². The number of nitrogens with two attached hydrogens (primary N) is 2. The molecule has 0 unspecified atom stereocenters. The summed E-state index contributed by atoms with van der Waals surface area (Å²) in [6.45, 7) is 4.07. The molecule has 0 spiro atoms. The largest absolute Gasteiger partial charge is 0.505 e. The van der Waals surface area contributed by atoms with Crippen LogP contribution >= 0.6 is 0 Å². The second kappa shape index (κ2) is 8.14. The summed E-state index contributed by atoms with van der Waals surface area (Å²) in [4.78, 5) is 25.0. The van der Waals surface area contributed by atoms with Crippen LogP contribution < -0.4 is 11.5 Å². The average molecular weight is 429 g/mol. The molecule has 0 saturated carbocycles. The minimum Gasteiger partial charge on any atom is -0.505 e. The van der Waals surface area contributed by atoms with E-state index in [1.54, 1.807) is 0 Å². The van der Waals surface area contributed by atoms with Crippen LogP contribution in [0.2, 0.25) is 0 Å². The molecule has 0 bridgehead atoms. The average Bonchev–Trinajstić information content (AvgIpc) is 3.18. The van der Waals surface area contributed by atoms with Gasteiger partial charge in [0.25, 0.3) is 0 Å². The van der Waals surface area contributed by atoms with Crippen LogP contribution in [0.15, 0.2) is 54.6 Å². The minimum absolute atomic E-state index is 0.0189. The minimum atomic E-state index is -0.629. The highest BCUT2D eigenvalue weighted by atomic mass is 16.3. The molecule has 4 rings (SSSR count). The Morgan fingerprint density at radius 3 is 2.16 bits per heavy atom. The van der Waals surface area contributed by atoms with Gasteiger partial charge in [0.2, 0.25) is 11.8 Å². The molecule has 0 radical (unpaired) electrons. The number of nitrogens with zero attached hydrogens (tertiary/aromatic N) is 3. The first-order valence-corrected chi connectivity index (χ1v) is 10.2. The smallest absolute Gasteiger partial charge is 0.248 e. The van der Waals surface area contributed by atoms with Crippen LogP contribution in [0, 0.1) is 0 Å². The topological polar surface area (TPSA) is 137 Å². The van der Waals surface area contributed by atoms with Crippen LogP contribution in [0.3, 0.4) is 0 Å². The highest BCUT2D eigenvalue weighted by Gasteiger charge is 2.19. The van der Waals surface area contributed by atoms with Crippen molar-refractivity contribution in [2.75, 3.05) is 0 Å². The maximum absolute atomic E-state index is 12.0. The van der Waals surface area contributed by atoms with Crippen molar-refractivity contribution in [3.05, 3.63) is 82.4 Å². The third-order valence-corrected chi connectivity index (χ3v) is 5.40. The number of hydrogen-bond acceptors (Lipinski definition) is 5. The third-order valence-electron chi connectivity index (χ3n) is 5.40. The van der Waals surface area contributed by atoms with Gasteiger partial charge in [0.1, 0.15) is 22.5 Å². The van der Waals surface area contributed by atoms with Gasteiger partial charge in [0.05, 0.1) is 0 Å². The molecular formula is C24H23N5O3. The van der Waals surface area contributed by atoms with E-state index in [4.69, 9.17) is 11.5 Å². The lowest BCUT2D eigenvalue weighted by atomic mass is 9.92. The van der Waals surface area contributed by atoms with Gasteiger partial charge in [-0.25, -0.2) is 0 Å². The summed E-state index contributed by atoms with van der Waals surface area (Å²) in [5.41, 5.74) is 15.3. The van der Waals surface area contributed by atoms with Crippen molar-refractivity contribution in [3.63, 3.8) is 0 Å². The number of carbonyl (C=O) groups excluding carboxylic acids is 2. The molecule has 0 saturated heterocycles. The van der Waals surface area contributed by atoms with Crippen molar-refractivity contribution >= 4 is 22.8 Å². The predicted molar refractivity (Wildman–Crippen MR) is 121 cm³/mol. The van der Waals surface area contributed by atoms with Gasteiger partial charge >= 0.3 is 0 Å². The normalized spacial score (nSPS) is 11.2. The Labute approximate surface area is 184 Å². The van der Waals surface area contributed by atoms with E-state index in [1.807, 2.05) is 50.2 Å². The number of amides is 2. The molecule has 0 atom stereocenters. The molecule has 0 aliphatic rings. The second-order valence-corrected chi connectivity index (χ2v) is 7.96. The molecule has 162 valence electrons. The van der Waals surface area contributed by atoms with E-state index < -0.39 is 11.8 Å². The lowest BCUT2D eigenvalue weighted by Gasteiger charge is -2.16. The Morgan fingerprint density at radius 2 is 1.59 bits per heavy atom. The number of rotatable bonds is 6. The first-order valence-electron chi connectivity index (χ1n) is 10.2. The van der Waals surface area contributed by atoms with Gasteiger partial charge in [-0.2, -0.15) is 0 Å². The van der Waals surface area contributed by atoms with Crippen LogP contribution in [0.1, 0.15) is 57.2 Å². The fourth-order valence-electron chi connectivity index (χ4n) is 3.63. The fourth-order valence-corrected chi connectivity index (χ4v) is 3.63. The van der Waals surface area contributed by atoms with Gasteiger partial charge < -0.3 is 16.6 Å². The van der Waals surface area contributed by atoms with E-state index in [0.717, 1.165) is 5.56 Å². The highest BCUT2D eigenvalue weighted by Crippen LogP contribution is 2.33. The summed E-state index contributed by atoms with van der Waals surface area (Å²) < 4.78 is 0. The van der Waals surface area contributed by atoms with Gasteiger partial charge in [-0.05, 0) is 53.4 Å². The fraction of sp³-hybridized carbons (Fsp3) is 0.167. The number of fused-ring (bicyclic) bond motifs is 1. The van der Waals surface area contributed by atoms with Gasteiger partial charge in [-0.3, -0.25) is 9.59 Å². The molecule has 4 aromatic rings. The van der Waals surface area contributed by atoms with Crippen LogP contribution in [-0.2, 0) is 6.42 Å². The van der Waals surface area contributed by atoms with Crippen LogP contribution in [-0.4, -0.2) is 31.9 Å². The summed E-state index contributed by atoms with van der Waals surface area (Å²) in [6.07, 6.45) is 0.166. The number of hydrogen-bond donors (Lipinski definition) is 3. The lowest BCUT2D eigenvalue weighted by Crippen LogP contribution is -2.17. The van der Waals surface area contributed by atoms with Crippen LogP contribution in [0.4, 0.5) is 0 Å². The Kier molecular flexibility index (Phi) is 5.36. The van der Waals surface area contributed by atoms with Crippen molar-refractivity contribution in [3.8, 4) is 11.4 Å². The highest BCUT2D eigenvalue weighted by molar-refractivity contribution is 5.98. The zero-order valence-corrected chi connectivity index (χ0v) is 17.7. The Balaban J connectivity index is 1.87. The SMILES string of the molecule is CC(C)c1cc(Cc2cc(C(N)=O)ccc2C(N)=O)c(O)c(-n2nc3ccccc3n2)c1. The molecule has 0 aliphatic carbocycles. The van der Waals surface area contributed by atoms with Gasteiger partial charge in [0, 0.05) is 23.1 Å². The lowest BCUT2D eigenvalue weighted by molar-refractivity contribution is 0.0987. The van der Waals surface area contributed by atoms with Gasteiger partial charge in [-0.1, -0.05) is 32.0 Å². The predicted octanol–water partition coefficient (Wildman–Crippen LogP) is 3.04. The number of primary amides is 2. The van der Waals surface area contributed by atoms with E-state index in [9.17, 15) is 14.7 Å². The van der Waals surface area contributed by atoms with Crippen molar-refractivity contribution in [2.24, 2.45) is 11.5 Å². The standard InChI is InChI=1S/C24H23N5O3/c1-13(2)15-10-17(11-16-9-14(23(25)31)7-8-18(16)24(26)32)22(30)21(12-15)29-27-19-5-3-4-6-20(19)28-29/h3-10,12-13,30H,11H2,1-2H3,(H2,25,31)(H2,26,32). The number of aromatic nitrogens is 3. The van der Waals surface area contributed by atoms with Crippen molar-refractivity contribution < 1.29 is 14.7 Å². The number of phenolic OH excluding ortho intramolecular Hbond substituents is 1. The zero-order valence-electron chi connectivity index (χ0n) is 17.7. The summed E-state index contributed by atoms with van der Waals surface area (Å²) in [5.74, 6) is -1.11. The maximum Gasteiger partial charge on any atom is 0.248 e. The molecule has 2 amide bonds. The molecule has 8 nitrogen and oxygen atoms in total. The quantitative estimate of drug-likeness (QED) is 0.433. The maximum atomic E-state index is 12.0. The van der Waals surface area contributed by atoms with E-state index in [2.05, 4.69) is 10.2 Å². The molecule has 1 aromatic heterocycles. The molecule has 3 aromatic carbocycles. The van der Waals surface area contributed by atoms with E-state index >= 15 is 0 Å². The van der Waals surface area contributed by atoms with E-state index in [1.165, 1.54) is 23.0 Å². The van der Waals surface area contributed by atoms with Gasteiger partial charge in [-0.15, -0.1) is 15.0 Å². The van der Waals surface area contributed by atoms with Crippen molar-refractivity contribution in [1.29, 1.82) is 0 Å². The molecule has 1 heterocycles. The first kappa shape index (κ1) is 21.0. The number of carbonyl (C=O) groups is 2.